The molecule has 8 nitrogen and oxygen atoms in total. The summed E-state index contributed by atoms with van der Waals surface area (Å²) in [5, 5.41) is 9.98. The van der Waals surface area contributed by atoms with Gasteiger partial charge in [-0.3, -0.25) is 4.79 Å². The number of esters is 1. The van der Waals surface area contributed by atoms with Gasteiger partial charge in [0.1, 0.15) is 11.3 Å². The van der Waals surface area contributed by atoms with Crippen LogP contribution in [0.15, 0.2) is 23.1 Å². The molecule has 1 unspecified atom stereocenters. The highest BCUT2D eigenvalue weighted by atomic mass is 32.2. The fourth-order valence-corrected chi connectivity index (χ4v) is 5.17. The van der Waals surface area contributed by atoms with Crippen LogP contribution in [0.5, 0.6) is 5.75 Å². The van der Waals surface area contributed by atoms with Crippen LogP contribution in [0.1, 0.15) is 43.0 Å². The third-order valence-electron chi connectivity index (χ3n) is 5.23. The van der Waals surface area contributed by atoms with Crippen LogP contribution in [0.25, 0.3) is 0 Å². The molecule has 0 radical (unpaired) electrons. The van der Waals surface area contributed by atoms with Crippen LogP contribution in [-0.4, -0.2) is 67.4 Å². The summed E-state index contributed by atoms with van der Waals surface area (Å²) >= 11 is 0. The minimum Gasteiger partial charge on any atom is -0.507 e. The van der Waals surface area contributed by atoms with Crippen LogP contribution in [0.4, 0.5) is 0 Å². The van der Waals surface area contributed by atoms with Gasteiger partial charge in [-0.25, -0.2) is 13.2 Å². The molecule has 2 saturated heterocycles. The molecule has 0 spiro atoms. The maximum atomic E-state index is 12.7. The van der Waals surface area contributed by atoms with Gasteiger partial charge in [0.05, 0.1) is 4.90 Å². The van der Waals surface area contributed by atoms with Crippen molar-refractivity contribution >= 4 is 21.9 Å². The van der Waals surface area contributed by atoms with Gasteiger partial charge in [0, 0.05) is 26.2 Å². The Kier molecular flexibility index (Phi) is 6.24. The predicted molar refractivity (Wildman–Crippen MR) is 101 cm³/mol. The van der Waals surface area contributed by atoms with Gasteiger partial charge in [0.25, 0.3) is 5.91 Å². The molecule has 154 valence electrons. The molecule has 1 atom stereocenters. The number of amides is 1. The number of carbonyl (C=O) groups is 2. The lowest BCUT2D eigenvalue weighted by Crippen LogP contribution is -2.41. The van der Waals surface area contributed by atoms with E-state index in [0.717, 1.165) is 37.8 Å². The van der Waals surface area contributed by atoms with Crippen molar-refractivity contribution in [3.63, 3.8) is 0 Å². The fraction of sp³-hybridized carbons (Fsp3) is 0.579. The summed E-state index contributed by atoms with van der Waals surface area (Å²) in [6, 6.07) is 3.53. The van der Waals surface area contributed by atoms with E-state index >= 15 is 0 Å². The van der Waals surface area contributed by atoms with Gasteiger partial charge in [0.2, 0.25) is 10.0 Å². The Balaban J connectivity index is 1.68. The van der Waals surface area contributed by atoms with Crippen LogP contribution in [0.3, 0.4) is 0 Å². The molecule has 0 aliphatic carbocycles. The largest absolute Gasteiger partial charge is 0.507 e. The zero-order chi connectivity index (χ0) is 20.3. The summed E-state index contributed by atoms with van der Waals surface area (Å²) in [4.78, 5) is 26.2. The highest BCUT2D eigenvalue weighted by Gasteiger charge is 2.29. The predicted octanol–water partition coefficient (Wildman–Crippen LogP) is 1.59. The molecule has 1 aromatic carbocycles. The number of sulfonamides is 1. The van der Waals surface area contributed by atoms with E-state index in [9.17, 15) is 23.1 Å². The van der Waals surface area contributed by atoms with Crippen molar-refractivity contribution in [1.29, 1.82) is 0 Å². The van der Waals surface area contributed by atoms with Crippen LogP contribution in [0, 0.1) is 5.92 Å². The summed E-state index contributed by atoms with van der Waals surface area (Å²) in [7, 11) is -3.73. The normalized spacial score (nSPS) is 20.9. The van der Waals surface area contributed by atoms with Gasteiger partial charge < -0.3 is 14.7 Å². The standard InChI is InChI=1S/C19H26N2O6S/c1-14-5-4-8-20(12-14)18(23)13-27-19(24)16-11-15(6-7-17(16)22)28(25,26)21-9-2-3-10-21/h6-7,11,14,22H,2-5,8-10,12-13H2,1H3. The van der Waals surface area contributed by atoms with Crippen molar-refractivity contribution in [2.24, 2.45) is 5.92 Å². The van der Waals surface area contributed by atoms with Crippen molar-refractivity contribution in [2.75, 3.05) is 32.8 Å². The molecule has 3 rings (SSSR count). The van der Waals surface area contributed by atoms with Crippen molar-refractivity contribution in [1.82, 2.24) is 9.21 Å². The van der Waals surface area contributed by atoms with E-state index in [-0.39, 0.29) is 22.1 Å². The zero-order valence-corrected chi connectivity index (χ0v) is 16.8. The number of hydrogen-bond acceptors (Lipinski definition) is 6. The number of likely N-dealkylation sites (tertiary alicyclic amines) is 1. The maximum absolute atomic E-state index is 12.7. The minimum atomic E-state index is -3.73. The first kappa shape index (κ1) is 20.6. The molecule has 2 aliphatic rings. The van der Waals surface area contributed by atoms with Crippen LogP contribution in [-0.2, 0) is 19.6 Å². The fourth-order valence-electron chi connectivity index (χ4n) is 3.63. The lowest BCUT2D eigenvalue weighted by atomic mass is 10.0. The molecular weight excluding hydrogens is 384 g/mol. The van der Waals surface area contributed by atoms with Crippen molar-refractivity contribution in [3.8, 4) is 5.75 Å². The summed E-state index contributed by atoms with van der Waals surface area (Å²) < 4.78 is 31.7. The quantitative estimate of drug-likeness (QED) is 0.740. The number of nitrogens with zero attached hydrogens (tertiary/aromatic N) is 2. The Morgan fingerprint density at radius 3 is 2.57 bits per heavy atom. The van der Waals surface area contributed by atoms with E-state index < -0.39 is 22.6 Å². The Bertz CT molecular complexity index is 848. The Labute approximate surface area is 165 Å². The zero-order valence-electron chi connectivity index (χ0n) is 16.0. The Morgan fingerprint density at radius 2 is 1.89 bits per heavy atom. The molecule has 2 fully saturated rings. The molecular formula is C19H26N2O6S. The molecule has 0 saturated carbocycles. The SMILES string of the molecule is CC1CCCN(C(=O)COC(=O)c2cc(S(=O)(=O)N3CCCC3)ccc2O)C1. The van der Waals surface area contributed by atoms with E-state index in [4.69, 9.17) is 4.74 Å². The second-order valence-electron chi connectivity index (χ2n) is 7.45. The van der Waals surface area contributed by atoms with Crippen LogP contribution < -0.4 is 0 Å². The minimum absolute atomic E-state index is 0.0738. The lowest BCUT2D eigenvalue weighted by molar-refractivity contribution is -0.136. The number of hydrogen-bond donors (Lipinski definition) is 1. The molecule has 1 amide bonds. The van der Waals surface area contributed by atoms with E-state index in [1.807, 2.05) is 0 Å². The summed E-state index contributed by atoms with van der Waals surface area (Å²) in [6.07, 6.45) is 3.57. The average molecular weight is 410 g/mol. The van der Waals surface area contributed by atoms with Crippen molar-refractivity contribution < 1.29 is 27.9 Å². The summed E-state index contributed by atoms with van der Waals surface area (Å²) in [5.41, 5.74) is -0.264. The van der Waals surface area contributed by atoms with Crippen molar-refractivity contribution in [2.45, 2.75) is 37.5 Å². The first-order valence-corrected chi connectivity index (χ1v) is 11.0. The highest BCUT2D eigenvalue weighted by molar-refractivity contribution is 7.89. The second kappa shape index (κ2) is 8.48. The van der Waals surface area contributed by atoms with Gasteiger partial charge >= 0.3 is 5.97 Å². The van der Waals surface area contributed by atoms with Gasteiger partial charge in [-0.1, -0.05) is 6.92 Å². The molecule has 1 aromatic rings. The highest BCUT2D eigenvalue weighted by Crippen LogP contribution is 2.26. The van der Waals surface area contributed by atoms with Crippen molar-refractivity contribution in [3.05, 3.63) is 23.8 Å². The number of ether oxygens (including phenoxy) is 1. The number of benzene rings is 1. The van der Waals surface area contributed by atoms with Gasteiger partial charge in [-0.2, -0.15) is 4.31 Å². The summed E-state index contributed by atoms with van der Waals surface area (Å²) in [5.74, 6) is -1.19. The van der Waals surface area contributed by atoms with Crippen LogP contribution in [0.2, 0.25) is 0 Å². The summed E-state index contributed by atoms with van der Waals surface area (Å²) in [6.45, 7) is 3.77. The van der Waals surface area contributed by atoms with Gasteiger partial charge in [-0.15, -0.1) is 0 Å². The topological polar surface area (TPSA) is 104 Å². The second-order valence-corrected chi connectivity index (χ2v) is 9.39. The lowest BCUT2D eigenvalue weighted by Gasteiger charge is -2.30. The third-order valence-corrected chi connectivity index (χ3v) is 7.12. The number of aromatic hydroxyl groups is 1. The van der Waals surface area contributed by atoms with Crippen LogP contribution >= 0.6 is 0 Å². The van der Waals surface area contributed by atoms with Gasteiger partial charge in [0.15, 0.2) is 6.61 Å². The molecule has 2 heterocycles. The van der Waals surface area contributed by atoms with E-state index in [1.165, 1.54) is 10.4 Å². The first-order chi connectivity index (χ1) is 13.3. The Hall–Kier alpha value is -2.13. The number of phenols is 1. The Morgan fingerprint density at radius 1 is 1.18 bits per heavy atom. The number of piperidine rings is 1. The molecule has 28 heavy (non-hydrogen) atoms. The third kappa shape index (κ3) is 4.47. The van der Waals surface area contributed by atoms with E-state index in [1.54, 1.807) is 4.90 Å². The van der Waals surface area contributed by atoms with Gasteiger partial charge in [-0.05, 0) is 49.8 Å². The molecule has 0 aromatic heterocycles. The molecule has 1 N–H and O–H groups in total. The molecule has 2 aliphatic heterocycles. The number of phenolic OH excluding ortho intramolecular Hbond substituents is 1. The maximum Gasteiger partial charge on any atom is 0.342 e. The smallest absolute Gasteiger partial charge is 0.342 e. The molecule has 0 bridgehead atoms. The monoisotopic (exact) mass is 410 g/mol. The average Bonchev–Trinajstić information content (AvgIpc) is 3.21. The van der Waals surface area contributed by atoms with E-state index in [2.05, 4.69) is 6.92 Å². The first-order valence-electron chi connectivity index (χ1n) is 9.57. The number of rotatable bonds is 5. The van der Waals surface area contributed by atoms with E-state index in [0.29, 0.717) is 32.1 Å². The number of carbonyl (C=O) groups excluding carboxylic acids is 2. The molecule has 9 heteroatoms.